The van der Waals surface area contributed by atoms with Crippen LogP contribution in [0.3, 0.4) is 0 Å². The summed E-state index contributed by atoms with van der Waals surface area (Å²) >= 11 is 0. The monoisotopic (exact) mass is 250 g/mol. The standard InChI is InChI=1S/C13H18N2O3/c1-8(2)11-13(17)15(9(3)12(16)14-11)6-10-4-5-18-7-10/h4-5,7-9,11H,6H2,1-3H3,(H,14,16). The van der Waals surface area contributed by atoms with Gasteiger partial charge in [0.15, 0.2) is 0 Å². The van der Waals surface area contributed by atoms with Gasteiger partial charge in [-0.1, -0.05) is 13.8 Å². The molecule has 1 N–H and O–H groups in total. The first-order chi connectivity index (χ1) is 8.50. The molecule has 0 aromatic carbocycles. The molecule has 18 heavy (non-hydrogen) atoms. The van der Waals surface area contributed by atoms with Gasteiger partial charge in [-0.3, -0.25) is 9.59 Å². The Morgan fingerprint density at radius 2 is 2.17 bits per heavy atom. The summed E-state index contributed by atoms with van der Waals surface area (Å²) in [7, 11) is 0. The van der Waals surface area contributed by atoms with Crippen LogP contribution in [0.2, 0.25) is 0 Å². The Labute approximate surface area is 106 Å². The molecule has 0 aliphatic carbocycles. The van der Waals surface area contributed by atoms with Gasteiger partial charge in [0.05, 0.1) is 12.5 Å². The molecule has 2 unspecified atom stereocenters. The van der Waals surface area contributed by atoms with Crippen molar-refractivity contribution >= 4 is 11.8 Å². The molecule has 0 spiro atoms. The molecule has 2 rings (SSSR count). The first kappa shape index (κ1) is 12.7. The van der Waals surface area contributed by atoms with Crippen molar-refractivity contribution in [2.24, 2.45) is 5.92 Å². The van der Waals surface area contributed by atoms with Gasteiger partial charge in [-0.25, -0.2) is 0 Å². The van der Waals surface area contributed by atoms with Crippen molar-refractivity contribution in [3.05, 3.63) is 24.2 Å². The number of carbonyl (C=O) groups is 2. The van der Waals surface area contributed by atoms with Crippen molar-refractivity contribution < 1.29 is 14.0 Å². The molecule has 2 heterocycles. The first-order valence-electron chi connectivity index (χ1n) is 6.12. The lowest BCUT2D eigenvalue weighted by molar-refractivity contribution is -0.150. The molecule has 0 radical (unpaired) electrons. The molecule has 1 aliphatic heterocycles. The highest BCUT2D eigenvalue weighted by molar-refractivity contribution is 5.96. The zero-order chi connectivity index (χ0) is 13.3. The van der Waals surface area contributed by atoms with Crippen LogP contribution in [0.5, 0.6) is 0 Å². The third-order valence-corrected chi connectivity index (χ3v) is 3.29. The van der Waals surface area contributed by atoms with E-state index in [2.05, 4.69) is 5.32 Å². The third kappa shape index (κ3) is 2.25. The molecule has 1 aromatic heterocycles. The SMILES string of the molecule is CC(C)C1NC(=O)C(C)N(Cc2ccoc2)C1=O. The fraction of sp³-hybridized carbons (Fsp3) is 0.538. The average Bonchev–Trinajstić information content (AvgIpc) is 2.81. The van der Waals surface area contributed by atoms with Crippen LogP contribution in [0.4, 0.5) is 0 Å². The predicted octanol–water partition coefficient (Wildman–Crippen LogP) is 1.15. The highest BCUT2D eigenvalue weighted by Gasteiger charge is 2.39. The second-order valence-electron chi connectivity index (χ2n) is 5.00. The van der Waals surface area contributed by atoms with Crippen molar-refractivity contribution in [3.63, 3.8) is 0 Å². The van der Waals surface area contributed by atoms with E-state index in [0.29, 0.717) is 6.54 Å². The Balaban J connectivity index is 2.19. The van der Waals surface area contributed by atoms with E-state index in [1.165, 1.54) is 0 Å². The van der Waals surface area contributed by atoms with E-state index in [9.17, 15) is 9.59 Å². The zero-order valence-corrected chi connectivity index (χ0v) is 10.8. The number of carbonyl (C=O) groups excluding carboxylic acids is 2. The van der Waals surface area contributed by atoms with Crippen LogP contribution >= 0.6 is 0 Å². The fourth-order valence-corrected chi connectivity index (χ4v) is 2.09. The van der Waals surface area contributed by atoms with Gasteiger partial charge in [0.25, 0.3) is 0 Å². The van der Waals surface area contributed by atoms with Crippen LogP contribution in [0.25, 0.3) is 0 Å². The molecule has 98 valence electrons. The molecule has 5 nitrogen and oxygen atoms in total. The van der Waals surface area contributed by atoms with Crippen molar-refractivity contribution in [2.75, 3.05) is 0 Å². The minimum atomic E-state index is -0.442. The molecule has 1 aromatic rings. The number of nitrogens with one attached hydrogen (secondary N) is 1. The second kappa shape index (κ2) is 4.84. The normalized spacial score (nSPS) is 24.6. The molecular weight excluding hydrogens is 232 g/mol. The van der Waals surface area contributed by atoms with Gasteiger partial charge in [-0.15, -0.1) is 0 Å². The van der Waals surface area contributed by atoms with Crippen LogP contribution < -0.4 is 5.32 Å². The maximum atomic E-state index is 12.3. The van der Waals surface area contributed by atoms with Crippen LogP contribution in [0.15, 0.2) is 23.0 Å². The van der Waals surface area contributed by atoms with Crippen molar-refractivity contribution in [3.8, 4) is 0 Å². The Hall–Kier alpha value is -1.78. The lowest BCUT2D eigenvalue weighted by Gasteiger charge is -2.38. The van der Waals surface area contributed by atoms with Gasteiger partial charge in [0.1, 0.15) is 12.1 Å². The van der Waals surface area contributed by atoms with Gasteiger partial charge < -0.3 is 14.6 Å². The quantitative estimate of drug-likeness (QED) is 0.875. The summed E-state index contributed by atoms with van der Waals surface area (Å²) in [4.78, 5) is 25.8. The summed E-state index contributed by atoms with van der Waals surface area (Å²) in [5.74, 6) is -0.0455. The number of hydrogen-bond acceptors (Lipinski definition) is 3. The van der Waals surface area contributed by atoms with E-state index < -0.39 is 12.1 Å². The Morgan fingerprint density at radius 3 is 2.72 bits per heavy atom. The number of amides is 2. The van der Waals surface area contributed by atoms with Crippen LogP contribution in [0.1, 0.15) is 26.3 Å². The van der Waals surface area contributed by atoms with E-state index in [1.54, 1.807) is 30.4 Å². The van der Waals surface area contributed by atoms with Gasteiger partial charge in [0.2, 0.25) is 11.8 Å². The summed E-state index contributed by atoms with van der Waals surface area (Å²) in [6.07, 6.45) is 3.16. The van der Waals surface area contributed by atoms with E-state index in [4.69, 9.17) is 4.42 Å². The molecule has 1 aliphatic rings. The lowest BCUT2D eigenvalue weighted by atomic mass is 9.98. The summed E-state index contributed by atoms with van der Waals surface area (Å²) in [6, 6.07) is 0.930. The molecule has 1 fully saturated rings. The molecule has 0 saturated carbocycles. The first-order valence-corrected chi connectivity index (χ1v) is 6.12. The second-order valence-corrected chi connectivity index (χ2v) is 5.00. The van der Waals surface area contributed by atoms with Crippen LogP contribution in [-0.4, -0.2) is 28.8 Å². The van der Waals surface area contributed by atoms with E-state index in [0.717, 1.165) is 5.56 Å². The number of rotatable bonds is 3. The van der Waals surface area contributed by atoms with Crippen molar-refractivity contribution in [1.29, 1.82) is 0 Å². The molecular formula is C13H18N2O3. The Bertz CT molecular complexity index is 439. The minimum Gasteiger partial charge on any atom is -0.472 e. The molecule has 2 atom stereocenters. The summed E-state index contributed by atoms with van der Waals surface area (Å²) < 4.78 is 4.99. The Morgan fingerprint density at radius 1 is 1.44 bits per heavy atom. The molecule has 5 heteroatoms. The van der Waals surface area contributed by atoms with Crippen LogP contribution in [0, 0.1) is 5.92 Å². The fourth-order valence-electron chi connectivity index (χ4n) is 2.09. The largest absolute Gasteiger partial charge is 0.472 e. The Kier molecular flexibility index (Phi) is 3.41. The number of piperazine rings is 1. The average molecular weight is 250 g/mol. The maximum Gasteiger partial charge on any atom is 0.246 e. The maximum absolute atomic E-state index is 12.3. The van der Waals surface area contributed by atoms with E-state index in [-0.39, 0.29) is 17.7 Å². The number of furan rings is 1. The number of hydrogen-bond donors (Lipinski definition) is 1. The van der Waals surface area contributed by atoms with Crippen LogP contribution in [-0.2, 0) is 16.1 Å². The van der Waals surface area contributed by atoms with Gasteiger partial charge in [0, 0.05) is 12.1 Å². The van der Waals surface area contributed by atoms with Crippen molar-refractivity contribution in [2.45, 2.75) is 39.4 Å². The summed E-state index contributed by atoms with van der Waals surface area (Å²) in [5, 5.41) is 2.77. The van der Waals surface area contributed by atoms with Gasteiger partial charge >= 0.3 is 0 Å². The predicted molar refractivity (Wildman–Crippen MR) is 65.5 cm³/mol. The smallest absolute Gasteiger partial charge is 0.246 e. The highest BCUT2D eigenvalue weighted by atomic mass is 16.3. The number of nitrogens with zero attached hydrogens (tertiary/aromatic N) is 1. The zero-order valence-electron chi connectivity index (χ0n) is 10.8. The minimum absolute atomic E-state index is 0.0294. The van der Waals surface area contributed by atoms with Gasteiger partial charge in [-0.05, 0) is 18.9 Å². The third-order valence-electron chi connectivity index (χ3n) is 3.29. The van der Waals surface area contributed by atoms with E-state index in [1.807, 2.05) is 13.8 Å². The summed E-state index contributed by atoms with van der Waals surface area (Å²) in [5.41, 5.74) is 0.896. The molecule has 2 amide bonds. The van der Waals surface area contributed by atoms with Crippen molar-refractivity contribution in [1.82, 2.24) is 10.2 Å². The van der Waals surface area contributed by atoms with Gasteiger partial charge in [-0.2, -0.15) is 0 Å². The summed E-state index contributed by atoms with van der Waals surface area (Å²) in [6.45, 7) is 6.00. The topological polar surface area (TPSA) is 62.6 Å². The van der Waals surface area contributed by atoms with E-state index >= 15 is 0 Å². The lowest BCUT2D eigenvalue weighted by Crippen LogP contribution is -2.63. The molecule has 0 bridgehead atoms. The molecule has 1 saturated heterocycles. The highest BCUT2D eigenvalue weighted by Crippen LogP contribution is 2.18.